The van der Waals surface area contributed by atoms with Crippen molar-refractivity contribution in [3.63, 3.8) is 0 Å². The minimum atomic E-state index is -0.671. The van der Waals surface area contributed by atoms with E-state index < -0.39 is 12.3 Å². The molecule has 7 N–H and O–H groups in total. The fraction of sp³-hybridized carbons (Fsp3) is 0.480. The van der Waals surface area contributed by atoms with Crippen LogP contribution in [0, 0.1) is 29.6 Å². The molecule has 0 spiro atoms. The Morgan fingerprint density at radius 1 is 0.983 bits per heavy atom. The fourth-order valence-corrected chi connectivity index (χ4v) is 10.8. The number of fused-ring (bicyclic) bond motifs is 9. The number of nitrogens with one attached hydrogen (secondary N) is 1. The van der Waals surface area contributed by atoms with Crippen LogP contribution in [0.3, 0.4) is 0 Å². The van der Waals surface area contributed by atoms with Gasteiger partial charge in [0.25, 0.3) is 0 Å². The van der Waals surface area contributed by atoms with Crippen molar-refractivity contribution in [3.8, 4) is 23.3 Å². The number of nitrogens with zero attached hydrogens (tertiary/aromatic N) is 1. The Labute approximate surface area is 353 Å². The van der Waals surface area contributed by atoms with Gasteiger partial charge < -0.3 is 50.3 Å². The van der Waals surface area contributed by atoms with Crippen molar-refractivity contribution >= 4 is 16.6 Å². The molecular weight excluding hydrogens is 755 g/mol. The summed E-state index contributed by atoms with van der Waals surface area (Å²) in [6.45, 7) is 3.91. The Bertz CT molecular complexity index is 2350. The highest BCUT2D eigenvalue weighted by molar-refractivity contribution is 5.88. The summed E-state index contributed by atoms with van der Waals surface area (Å²) in [5.74, 6) is 8.84. The minimum Gasteiger partial charge on any atom is -0.504 e. The van der Waals surface area contributed by atoms with Gasteiger partial charge in [0, 0.05) is 58.9 Å². The zero-order valence-corrected chi connectivity index (χ0v) is 34.7. The fourth-order valence-electron chi connectivity index (χ4n) is 10.8. The highest BCUT2D eigenvalue weighted by atomic mass is 16.5. The lowest BCUT2D eigenvalue weighted by atomic mass is 9.57. The number of nitrogens with two attached hydrogens (primary N) is 1. The summed E-state index contributed by atoms with van der Waals surface area (Å²) >= 11 is 0. The molecule has 1 fully saturated rings. The van der Waals surface area contributed by atoms with Gasteiger partial charge in [-0.3, -0.25) is 0 Å². The second-order valence-electron chi connectivity index (χ2n) is 17.7. The summed E-state index contributed by atoms with van der Waals surface area (Å²) in [4.78, 5) is 0. The molecule has 1 saturated heterocycles. The Balaban J connectivity index is 1.23. The second kappa shape index (κ2) is 17.4. The van der Waals surface area contributed by atoms with Gasteiger partial charge >= 0.3 is 0 Å². The van der Waals surface area contributed by atoms with E-state index in [1.807, 2.05) is 12.1 Å². The average molecular weight is 814 g/mol. The first-order valence-electron chi connectivity index (χ1n) is 22.0. The summed E-state index contributed by atoms with van der Waals surface area (Å²) in [6.07, 6.45) is 12.3. The number of ether oxygens (including phenoxy) is 3. The van der Waals surface area contributed by atoms with Crippen LogP contribution in [0.15, 0.2) is 78.1 Å². The molecule has 0 radical (unpaired) electrons. The van der Waals surface area contributed by atoms with Gasteiger partial charge in [-0.1, -0.05) is 49.1 Å². The first kappa shape index (κ1) is 40.8. The van der Waals surface area contributed by atoms with Gasteiger partial charge in [-0.2, -0.15) is 0 Å². The van der Waals surface area contributed by atoms with Crippen LogP contribution in [-0.4, -0.2) is 69.8 Å². The van der Waals surface area contributed by atoms with E-state index in [1.165, 1.54) is 16.7 Å². The van der Waals surface area contributed by atoms with Crippen molar-refractivity contribution in [2.75, 3.05) is 26.4 Å². The van der Waals surface area contributed by atoms with Crippen LogP contribution in [0.5, 0.6) is 11.5 Å². The number of aromatic hydroxyl groups is 1. The lowest BCUT2D eigenvalue weighted by molar-refractivity contribution is 0.00498. The van der Waals surface area contributed by atoms with Gasteiger partial charge in [-0.05, 0) is 134 Å². The summed E-state index contributed by atoms with van der Waals surface area (Å²) in [6, 6.07) is 17.0. The van der Waals surface area contributed by atoms with Gasteiger partial charge in [0.15, 0.2) is 11.5 Å². The van der Waals surface area contributed by atoms with Gasteiger partial charge in [0.1, 0.15) is 12.4 Å². The van der Waals surface area contributed by atoms with Crippen LogP contribution in [0.4, 0.5) is 0 Å². The van der Waals surface area contributed by atoms with E-state index in [9.17, 15) is 20.4 Å². The molecule has 3 aromatic carbocycles. The van der Waals surface area contributed by atoms with E-state index in [-0.39, 0.29) is 55.5 Å². The molecule has 5 heterocycles. The molecule has 5 aliphatic rings. The molecule has 316 valence electrons. The monoisotopic (exact) mass is 813 g/mol. The van der Waals surface area contributed by atoms with Crippen LogP contribution in [-0.2, 0) is 40.9 Å². The van der Waals surface area contributed by atoms with Gasteiger partial charge in [-0.25, -0.2) is 0 Å². The van der Waals surface area contributed by atoms with E-state index in [0.717, 1.165) is 77.4 Å². The normalized spacial score (nSPS) is 28.2. The summed E-state index contributed by atoms with van der Waals surface area (Å²) in [5.41, 5.74) is 14.6. The maximum Gasteiger partial charge on any atom is 0.161 e. The number of aromatic nitrogens is 1. The van der Waals surface area contributed by atoms with Gasteiger partial charge in [0.05, 0.1) is 38.2 Å². The first-order valence-corrected chi connectivity index (χ1v) is 22.0. The molecule has 60 heavy (non-hydrogen) atoms. The zero-order valence-electron chi connectivity index (χ0n) is 34.7. The predicted octanol–water partition coefficient (Wildman–Crippen LogP) is 6.57. The number of aliphatic hydroxyl groups is 3. The predicted molar refractivity (Wildman–Crippen MR) is 232 cm³/mol. The molecule has 0 saturated carbocycles. The Morgan fingerprint density at radius 2 is 1.85 bits per heavy atom. The van der Waals surface area contributed by atoms with E-state index in [1.54, 1.807) is 6.07 Å². The Kier molecular flexibility index (Phi) is 11.8. The number of phenols is 1. The molecular formula is C50H59N3O7. The maximum atomic E-state index is 11.6. The van der Waals surface area contributed by atoms with Crippen LogP contribution in [0.1, 0.15) is 91.7 Å². The number of rotatable bonds is 5. The standard InChI is InChI=1S/C50H59N3O7/c1-31-8-9-35-23-48(51)52-49-44(35)30-59-42(15-12-32(31)6-4-17-54)24-41(56)14-11-34-22-47(46(57)21-37(34)27-55)60-28-38-20-40(19-36-25-53(49)26-43(36)38)50-16-18-58-29-39(50)13-10-33-5-2-3-7-45(33)50/h2-3,5,7,19-23,25-26,31-32,39,41-42,48,52,54-57H,4,6,10-18,24,27-30,51H2,1H3. The van der Waals surface area contributed by atoms with Gasteiger partial charge in [-0.15, -0.1) is 0 Å². The van der Waals surface area contributed by atoms with Crippen molar-refractivity contribution in [2.45, 2.75) is 108 Å². The van der Waals surface area contributed by atoms with E-state index in [4.69, 9.17) is 19.9 Å². The van der Waals surface area contributed by atoms with Crippen molar-refractivity contribution in [1.29, 1.82) is 0 Å². The lowest BCUT2D eigenvalue weighted by Crippen LogP contribution is -2.47. The molecule has 7 unspecified atom stereocenters. The topological polar surface area (TPSA) is 152 Å². The van der Waals surface area contributed by atoms with Crippen LogP contribution in [0.2, 0.25) is 0 Å². The van der Waals surface area contributed by atoms with E-state index in [2.05, 4.69) is 77.4 Å². The third-order valence-electron chi connectivity index (χ3n) is 14.1. The van der Waals surface area contributed by atoms with Crippen LogP contribution < -0.4 is 15.8 Å². The highest BCUT2D eigenvalue weighted by Crippen LogP contribution is 2.52. The smallest absolute Gasteiger partial charge is 0.161 e. The summed E-state index contributed by atoms with van der Waals surface area (Å²) in [7, 11) is 0. The largest absolute Gasteiger partial charge is 0.504 e. The Hall–Kier alpha value is -4.60. The molecule has 9 rings (SSSR count). The lowest BCUT2D eigenvalue weighted by Gasteiger charge is -2.49. The van der Waals surface area contributed by atoms with Crippen molar-refractivity contribution in [3.05, 3.63) is 112 Å². The number of dihydropyridines is 1. The quantitative estimate of drug-likeness (QED) is 0.123. The molecule has 1 aliphatic carbocycles. The third kappa shape index (κ3) is 7.88. The third-order valence-corrected chi connectivity index (χ3v) is 14.1. The van der Waals surface area contributed by atoms with Crippen molar-refractivity contribution in [1.82, 2.24) is 9.88 Å². The highest BCUT2D eigenvalue weighted by Gasteiger charge is 2.47. The SMILES string of the molecule is CC1C#CC2=CC(N)NC3=C2COC(CCC1CCCO)CC(O)CCc1cc(c(O)cc1CO)OCc1cc(C24CCOCC2CCc2ccccc24)cc2cn3cc12. The molecule has 4 aliphatic heterocycles. The summed E-state index contributed by atoms with van der Waals surface area (Å²) < 4.78 is 21.7. The minimum absolute atomic E-state index is 0.0356. The second-order valence-corrected chi connectivity index (χ2v) is 17.7. The van der Waals surface area contributed by atoms with Crippen molar-refractivity contribution < 1.29 is 34.6 Å². The Morgan fingerprint density at radius 3 is 2.72 bits per heavy atom. The van der Waals surface area contributed by atoms with E-state index >= 15 is 0 Å². The number of benzene rings is 3. The van der Waals surface area contributed by atoms with Gasteiger partial charge in [0.2, 0.25) is 0 Å². The molecule has 7 atom stereocenters. The molecule has 6 bridgehead atoms. The number of phenolic OH excluding ortho intramolecular Hbond substituents is 1. The summed E-state index contributed by atoms with van der Waals surface area (Å²) in [5, 5.41) is 48.5. The van der Waals surface area contributed by atoms with Crippen molar-refractivity contribution in [2.24, 2.45) is 23.5 Å². The molecule has 10 nitrogen and oxygen atoms in total. The molecule has 0 amide bonds. The van der Waals surface area contributed by atoms with Crippen LogP contribution in [0.25, 0.3) is 16.6 Å². The molecule has 10 heteroatoms. The average Bonchev–Trinajstić information content (AvgIpc) is 3.69. The van der Waals surface area contributed by atoms with Crippen LogP contribution >= 0.6 is 0 Å². The maximum absolute atomic E-state index is 11.6. The number of hydrogen-bond donors (Lipinski definition) is 6. The number of aliphatic hydroxyl groups excluding tert-OH is 3. The first-order chi connectivity index (χ1) is 29.2. The van der Waals surface area contributed by atoms with E-state index in [0.29, 0.717) is 56.1 Å². The number of aryl methyl sites for hydroxylation is 2. The number of hydrogen-bond acceptors (Lipinski definition) is 9. The molecule has 1 aromatic heterocycles. The molecule has 4 aromatic rings. The zero-order chi connectivity index (χ0) is 41.4.